The zero-order chi connectivity index (χ0) is 13.8. The van der Waals surface area contributed by atoms with Crippen LogP contribution in [0.5, 0.6) is 0 Å². The van der Waals surface area contributed by atoms with Gasteiger partial charge in [-0.1, -0.05) is 11.6 Å². The van der Waals surface area contributed by atoms with Gasteiger partial charge in [-0.05, 0) is 44.2 Å². The Morgan fingerprint density at radius 1 is 1.32 bits per heavy atom. The van der Waals surface area contributed by atoms with Gasteiger partial charge in [0.1, 0.15) is 4.21 Å². The number of aryl methyl sites for hydroxylation is 1. The van der Waals surface area contributed by atoms with Crippen molar-refractivity contribution in [2.24, 2.45) is 0 Å². The van der Waals surface area contributed by atoms with E-state index in [1.54, 1.807) is 10.4 Å². The van der Waals surface area contributed by atoms with Gasteiger partial charge in [0.05, 0.1) is 4.34 Å². The first-order valence-corrected chi connectivity index (χ1v) is 9.40. The lowest BCUT2D eigenvalue weighted by Gasteiger charge is -2.35. The smallest absolute Gasteiger partial charge is 0.206 e. The molecule has 1 aromatic heterocycles. The van der Waals surface area contributed by atoms with Gasteiger partial charge in [-0.2, -0.15) is 4.31 Å². The number of rotatable bonds is 2. The van der Waals surface area contributed by atoms with Crippen LogP contribution in [0, 0.1) is 6.92 Å². The van der Waals surface area contributed by atoms with Crippen molar-refractivity contribution >= 4 is 44.6 Å². The molecular weight excluding hydrogens is 325 g/mol. The average Bonchev–Trinajstić information content (AvgIpc) is 2.80. The Kier molecular flexibility index (Phi) is 3.63. The molecule has 2 unspecified atom stereocenters. The molecule has 2 atom stereocenters. The summed E-state index contributed by atoms with van der Waals surface area (Å²) in [7, 11) is -3.41. The van der Waals surface area contributed by atoms with E-state index in [1.165, 1.54) is 0 Å². The molecule has 7 heteroatoms. The molecule has 2 fully saturated rings. The molecule has 2 aliphatic heterocycles. The Morgan fingerprint density at radius 2 is 1.89 bits per heavy atom. The van der Waals surface area contributed by atoms with Gasteiger partial charge in [0.15, 0.2) is 0 Å². The molecule has 0 aliphatic carbocycles. The average molecular weight is 340 g/mol. The van der Waals surface area contributed by atoms with Gasteiger partial charge in [-0.15, -0.1) is 22.9 Å². The largest absolute Gasteiger partial charge is 0.253 e. The Bertz CT molecular complexity index is 565. The fourth-order valence-electron chi connectivity index (χ4n) is 3.12. The van der Waals surface area contributed by atoms with Crippen LogP contribution in [0.2, 0.25) is 4.34 Å². The van der Waals surface area contributed by atoms with Crippen molar-refractivity contribution in [3.05, 3.63) is 16.0 Å². The summed E-state index contributed by atoms with van der Waals surface area (Å²) >= 11 is 13.3. The summed E-state index contributed by atoms with van der Waals surface area (Å²) in [5.74, 6) is 0. The summed E-state index contributed by atoms with van der Waals surface area (Å²) in [6, 6.07) is 1.80. The number of sulfonamides is 1. The first kappa shape index (κ1) is 14.1. The van der Waals surface area contributed by atoms with Gasteiger partial charge < -0.3 is 0 Å². The normalized spacial score (nSPS) is 31.8. The number of hydrogen-bond acceptors (Lipinski definition) is 3. The number of nitrogens with zero attached hydrogens (tertiary/aromatic N) is 1. The van der Waals surface area contributed by atoms with Gasteiger partial charge in [0.2, 0.25) is 0 Å². The Hall–Kier alpha value is 0.190. The van der Waals surface area contributed by atoms with E-state index in [0.717, 1.165) is 42.6 Å². The molecule has 2 aliphatic rings. The highest BCUT2D eigenvalue weighted by molar-refractivity contribution is 7.91. The molecule has 3 nitrogen and oxygen atoms in total. The van der Waals surface area contributed by atoms with Crippen molar-refractivity contribution in [3.8, 4) is 0 Å². The van der Waals surface area contributed by atoms with Crippen molar-refractivity contribution < 1.29 is 8.42 Å². The topological polar surface area (TPSA) is 37.4 Å². The van der Waals surface area contributed by atoms with Crippen molar-refractivity contribution in [2.75, 3.05) is 0 Å². The van der Waals surface area contributed by atoms with Crippen LogP contribution in [0.15, 0.2) is 10.3 Å². The molecule has 106 valence electrons. The molecule has 2 saturated heterocycles. The number of hydrogen-bond donors (Lipinski definition) is 0. The zero-order valence-corrected chi connectivity index (χ0v) is 13.6. The van der Waals surface area contributed by atoms with Crippen LogP contribution in [0.1, 0.15) is 31.2 Å². The third-order valence-corrected chi connectivity index (χ3v) is 8.34. The molecule has 3 rings (SSSR count). The van der Waals surface area contributed by atoms with Crippen molar-refractivity contribution in [1.29, 1.82) is 0 Å². The monoisotopic (exact) mass is 339 g/mol. The summed E-state index contributed by atoms with van der Waals surface area (Å²) in [6.07, 6.45) is 3.36. The first-order chi connectivity index (χ1) is 8.89. The van der Waals surface area contributed by atoms with Crippen LogP contribution >= 0.6 is 34.5 Å². The third-order valence-electron chi connectivity index (χ3n) is 3.97. The molecular formula is C12H15Cl2NO2S2. The summed E-state index contributed by atoms with van der Waals surface area (Å²) in [6.45, 7) is 1.83. The SMILES string of the molecule is Cc1cc(S(=O)(=O)N2C3CCC2CC(Cl)C3)sc1Cl. The van der Waals surface area contributed by atoms with Crippen LogP contribution in [-0.2, 0) is 10.0 Å². The number of fused-ring (bicyclic) bond motifs is 2. The van der Waals surface area contributed by atoms with Crippen molar-refractivity contribution in [2.45, 2.75) is 54.3 Å². The summed E-state index contributed by atoms with van der Waals surface area (Å²) in [5.41, 5.74) is 0.824. The Labute approximate surface area is 127 Å². The maximum absolute atomic E-state index is 12.8. The molecule has 0 N–H and O–H groups in total. The molecule has 0 spiro atoms. The van der Waals surface area contributed by atoms with Gasteiger partial charge in [-0.25, -0.2) is 8.42 Å². The van der Waals surface area contributed by atoms with Crippen LogP contribution in [0.3, 0.4) is 0 Å². The maximum Gasteiger partial charge on any atom is 0.253 e. The van der Waals surface area contributed by atoms with Crippen LogP contribution in [0.4, 0.5) is 0 Å². The van der Waals surface area contributed by atoms with Gasteiger partial charge in [-0.3, -0.25) is 0 Å². The van der Waals surface area contributed by atoms with E-state index in [9.17, 15) is 8.42 Å². The molecule has 1 aromatic rings. The Morgan fingerprint density at radius 3 is 2.37 bits per heavy atom. The summed E-state index contributed by atoms with van der Waals surface area (Å²) < 4.78 is 28.1. The molecule has 0 amide bonds. The summed E-state index contributed by atoms with van der Waals surface area (Å²) in [4.78, 5) is 0. The van der Waals surface area contributed by atoms with Crippen molar-refractivity contribution in [3.63, 3.8) is 0 Å². The van der Waals surface area contributed by atoms with Gasteiger partial charge in [0.25, 0.3) is 10.0 Å². The standard InChI is InChI=1S/C12H15Cl2NO2S2/c1-7-4-11(18-12(7)14)19(16,17)15-9-2-3-10(15)6-8(13)5-9/h4,8-10H,2-3,5-6H2,1H3. The minimum atomic E-state index is -3.41. The molecule has 3 heterocycles. The predicted molar refractivity (Wildman–Crippen MR) is 78.8 cm³/mol. The quantitative estimate of drug-likeness (QED) is 0.771. The highest BCUT2D eigenvalue weighted by Crippen LogP contribution is 2.43. The van der Waals surface area contributed by atoms with Crippen molar-refractivity contribution in [1.82, 2.24) is 4.31 Å². The number of thiophene rings is 1. The summed E-state index contributed by atoms with van der Waals surface area (Å²) in [5, 5.41) is 0.109. The minimum Gasteiger partial charge on any atom is -0.206 e. The lowest BCUT2D eigenvalue weighted by atomic mass is 10.1. The van der Waals surface area contributed by atoms with E-state index in [0.29, 0.717) is 8.55 Å². The lowest BCUT2D eigenvalue weighted by molar-refractivity contribution is 0.252. The second kappa shape index (κ2) is 4.88. The molecule has 0 radical (unpaired) electrons. The van der Waals surface area contributed by atoms with E-state index in [4.69, 9.17) is 23.2 Å². The maximum atomic E-state index is 12.8. The number of piperidine rings is 1. The van der Waals surface area contributed by atoms with E-state index in [1.807, 2.05) is 6.92 Å². The van der Waals surface area contributed by atoms with E-state index in [2.05, 4.69) is 0 Å². The third kappa shape index (κ3) is 2.33. The van der Waals surface area contributed by atoms with Crippen LogP contribution < -0.4 is 0 Å². The minimum absolute atomic E-state index is 0.0624. The van der Waals surface area contributed by atoms with E-state index in [-0.39, 0.29) is 17.5 Å². The van der Waals surface area contributed by atoms with Gasteiger partial charge >= 0.3 is 0 Å². The molecule has 19 heavy (non-hydrogen) atoms. The fraction of sp³-hybridized carbons (Fsp3) is 0.667. The number of halogens is 2. The highest BCUT2D eigenvalue weighted by atomic mass is 35.5. The zero-order valence-electron chi connectivity index (χ0n) is 10.5. The lowest BCUT2D eigenvalue weighted by Crippen LogP contribution is -2.46. The number of alkyl halides is 1. The van der Waals surface area contributed by atoms with E-state index < -0.39 is 10.0 Å². The predicted octanol–water partition coefficient (Wildman–Crippen LogP) is 3.63. The van der Waals surface area contributed by atoms with Crippen LogP contribution in [-0.4, -0.2) is 30.2 Å². The molecule has 0 saturated carbocycles. The fourth-order valence-corrected chi connectivity index (χ4v) is 7.24. The highest BCUT2D eigenvalue weighted by Gasteiger charge is 2.47. The van der Waals surface area contributed by atoms with Gasteiger partial charge in [0, 0.05) is 17.5 Å². The molecule has 2 bridgehead atoms. The first-order valence-electron chi connectivity index (χ1n) is 6.33. The second-order valence-electron chi connectivity index (χ2n) is 5.31. The second-order valence-corrected chi connectivity index (χ2v) is 9.65. The van der Waals surface area contributed by atoms with E-state index >= 15 is 0 Å². The Balaban J connectivity index is 1.97. The van der Waals surface area contributed by atoms with Crippen LogP contribution in [0.25, 0.3) is 0 Å². The molecule has 0 aromatic carbocycles.